The van der Waals surface area contributed by atoms with Crippen LogP contribution in [0.1, 0.15) is 27.9 Å². The molecule has 28 heavy (non-hydrogen) atoms. The average molecular weight is 375 g/mol. The third-order valence-corrected chi connectivity index (χ3v) is 5.13. The molecule has 4 rings (SSSR count). The van der Waals surface area contributed by atoms with E-state index in [-0.39, 0.29) is 11.9 Å². The number of hydrogen-bond donors (Lipinski definition) is 1. The molecular formula is C22H25N5O. The number of aryl methyl sites for hydroxylation is 2. The number of likely N-dealkylation sites (tertiary alicyclic amines) is 1. The molecule has 1 fully saturated rings. The fraction of sp³-hybridized carbons (Fsp3) is 0.318. The lowest BCUT2D eigenvalue weighted by atomic mass is 10.1. The van der Waals surface area contributed by atoms with Crippen molar-refractivity contribution in [3.63, 3.8) is 0 Å². The second kappa shape index (κ2) is 7.94. The van der Waals surface area contributed by atoms with E-state index in [4.69, 9.17) is 0 Å². The molecule has 6 nitrogen and oxygen atoms in total. The molecule has 1 unspecified atom stereocenters. The van der Waals surface area contributed by atoms with Crippen LogP contribution < -0.4 is 5.32 Å². The summed E-state index contributed by atoms with van der Waals surface area (Å²) in [7, 11) is 1.85. The molecule has 0 bridgehead atoms. The first kappa shape index (κ1) is 18.4. The van der Waals surface area contributed by atoms with Gasteiger partial charge in [0.15, 0.2) is 0 Å². The van der Waals surface area contributed by atoms with Gasteiger partial charge in [-0.1, -0.05) is 29.8 Å². The van der Waals surface area contributed by atoms with Crippen molar-refractivity contribution >= 4 is 5.91 Å². The smallest absolute Gasteiger partial charge is 0.253 e. The average Bonchev–Trinajstić information content (AvgIpc) is 3.30. The predicted octanol–water partition coefficient (Wildman–Crippen LogP) is 2.79. The van der Waals surface area contributed by atoms with E-state index in [0.717, 1.165) is 31.6 Å². The quantitative estimate of drug-likeness (QED) is 0.745. The molecule has 0 saturated carbocycles. The minimum Gasteiger partial charge on any atom is -0.348 e. The lowest BCUT2D eigenvalue weighted by Gasteiger charge is -2.17. The van der Waals surface area contributed by atoms with Crippen molar-refractivity contribution in [2.24, 2.45) is 7.05 Å². The molecule has 3 heterocycles. The highest BCUT2D eigenvalue weighted by atomic mass is 16.1. The van der Waals surface area contributed by atoms with Crippen LogP contribution in [0.25, 0.3) is 11.3 Å². The lowest BCUT2D eigenvalue weighted by Crippen LogP contribution is -2.37. The number of amides is 1. The number of aromatic nitrogens is 3. The molecule has 0 radical (unpaired) electrons. The fourth-order valence-corrected chi connectivity index (χ4v) is 3.79. The molecule has 1 aliphatic rings. The van der Waals surface area contributed by atoms with Crippen LogP contribution in [0.3, 0.4) is 0 Å². The molecule has 144 valence electrons. The Morgan fingerprint density at radius 2 is 2.18 bits per heavy atom. The van der Waals surface area contributed by atoms with E-state index in [1.165, 1.54) is 11.1 Å². The van der Waals surface area contributed by atoms with E-state index in [2.05, 4.69) is 51.5 Å². The molecule has 1 atom stereocenters. The van der Waals surface area contributed by atoms with E-state index in [9.17, 15) is 4.79 Å². The van der Waals surface area contributed by atoms with Crippen molar-refractivity contribution in [1.29, 1.82) is 0 Å². The first-order valence-electron chi connectivity index (χ1n) is 9.61. The summed E-state index contributed by atoms with van der Waals surface area (Å²) >= 11 is 0. The molecule has 0 spiro atoms. The molecule has 1 aromatic carbocycles. The Balaban J connectivity index is 1.41. The topological polar surface area (TPSA) is 63.1 Å². The van der Waals surface area contributed by atoms with Gasteiger partial charge in [0.2, 0.25) is 0 Å². The maximum absolute atomic E-state index is 12.9. The maximum Gasteiger partial charge on any atom is 0.253 e. The van der Waals surface area contributed by atoms with Gasteiger partial charge in [0.1, 0.15) is 0 Å². The summed E-state index contributed by atoms with van der Waals surface area (Å²) in [5, 5.41) is 7.38. The third-order valence-electron chi connectivity index (χ3n) is 5.13. The van der Waals surface area contributed by atoms with Gasteiger partial charge in [-0.25, -0.2) is 0 Å². The molecule has 3 aromatic rings. The van der Waals surface area contributed by atoms with Gasteiger partial charge in [-0.2, -0.15) is 5.10 Å². The molecule has 2 aromatic heterocycles. The van der Waals surface area contributed by atoms with Crippen LogP contribution in [0.15, 0.2) is 55.0 Å². The molecular weight excluding hydrogens is 350 g/mol. The summed E-state index contributed by atoms with van der Waals surface area (Å²) in [4.78, 5) is 19.7. The van der Waals surface area contributed by atoms with Crippen LogP contribution in [0, 0.1) is 6.92 Å². The Morgan fingerprint density at radius 1 is 1.29 bits per heavy atom. The molecule has 6 heteroatoms. The number of pyridine rings is 1. The van der Waals surface area contributed by atoms with Gasteiger partial charge in [0, 0.05) is 50.7 Å². The summed E-state index contributed by atoms with van der Waals surface area (Å²) in [5.41, 5.74) is 4.70. The van der Waals surface area contributed by atoms with Crippen LogP contribution in [0.5, 0.6) is 0 Å². The van der Waals surface area contributed by atoms with Crippen molar-refractivity contribution in [3.05, 3.63) is 71.7 Å². The van der Waals surface area contributed by atoms with Gasteiger partial charge < -0.3 is 5.32 Å². The zero-order chi connectivity index (χ0) is 19.5. The fourth-order valence-electron chi connectivity index (χ4n) is 3.79. The predicted molar refractivity (Wildman–Crippen MR) is 109 cm³/mol. The third kappa shape index (κ3) is 4.12. The van der Waals surface area contributed by atoms with Crippen LogP contribution >= 0.6 is 0 Å². The minimum absolute atomic E-state index is 0.0747. The molecule has 1 saturated heterocycles. The van der Waals surface area contributed by atoms with E-state index in [1.54, 1.807) is 23.1 Å². The molecule has 1 N–H and O–H groups in total. The van der Waals surface area contributed by atoms with Gasteiger partial charge in [-0.15, -0.1) is 0 Å². The van der Waals surface area contributed by atoms with Gasteiger partial charge in [0.05, 0.1) is 17.5 Å². The summed E-state index contributed by atoms with van der Waals surface area (Å²) in [6.45, 7) is 4.88. The zero-order valence-corrected chi connectivity index (χ0v) is 16.3. The highest BCUT2D eigenvalue weighted by Gasteiger charge is 2.25. The van der Waals surface area contributed by atoms with E-state index in [1.807, 2.05) is 19.3 Å². The monoisotopic (exact) mass is 375 g/mol. The van der Waals surface area contributed by atoms with Crippen molar-refractivity contribution in [2.75, 3.05) is 13.1 Å². The van der Waals surface area contributed by atoms with Crippen molar-refractivity contribution in [2.45, 2.75) is 25.9 Å². The first-order chi connectivity index (χ1) is 13.6. The number of hydrogen-bond acceptors (Lipinski definition) is 4. The normalized spacial score (nSPS) is 17.0. The number of rotatable bonds is 5. The van der Waals surface area contributed by atoms with Crippen molar-refractivity contribution < 1.29 is 4.79 Å². The van der Waals surface area contributed by atoms with Crippen molar-refractivity contribution in [3.8, 4) is 11.3 Å². The second-order valence-corrected chi connectivity index (χ2v) is 7.49. The number of nitrogens with zero attached hydrogens (tertiary/aromatic N) is 4. The van der Waals surface area contributed by atoms with Crippen LogP contribution in [-0.4, -0.2) is 44.7 Å². The highest BCUT2D eigenvalue weighted by molar-refractivity contribution is 5.99. The maximum atomic E-state index is 12.9. The molecule has 1 aliphatic heterocycles. The van der Waals surface area contributed by atoms with Gasteiger partial charge in [0.25, 0.3) is 5.91 Å². The largest absolute Gasteiger partial charge is 0.348 e. The number of carbonyl (C=O) groups is 1. The van der Waals surface area contributed by atoms with Gasteiger partial charge in [-0.3, -0.25) is 19.4 Å². The van der Waals surface area contributed by atoms with Crippen LogP contribution in [0.2, 0.25) is 0 Å². The van der Waals surface area contributed by atoms with Gasteiger partial charge in [-0.05, 0) is 31.0 Å². The Hall–Kier alpha value is -2.99. The van der Waals surface area contributed by atoms with Crippen molar-refractivity contribution in [1.82, 2.24) is 25.0 Å². The number of benzene rings is 1. The summed E-state index contributed by atoms with van der Waals surface area (Å²) in [5.74, 6) is -0.0747. The SMILES string of the molecule is Cc1cccc(CN2CCC(NC(=O)c3cccnc3-c3cnn(C)c3)C2)c1. The van der Waals surface area contributed by atoms with E-state index < -0.39 is 0 Å². The van der Waals surface area contributed by atoms with E-state index in [0.29, 0.717) is 11.3 Å². The lowest BCUT2D eigenvalue weighted by molar-refractivity contribution is 0.0938. The minimum atomic E-state index is -0.0747. The number of carbonyl (C=O) groups excluding carboxylic acids is 1. The highest BCUT2D eigenvalue weighted by Crippen LogP contribution is 2.21. The Kier molecular flexibility index (Phi) is 5.21. The summed E-state index contributed by atoms with van der Waals surface area (Å²) in [6, 6.07) is 12.4. The first-order valence-corrected chi connectivity index (χ1v) is 9.61. The van der Waals surface area contributed by atoms with Gasteiger partial charge >= 0.3 is 0 Å². The van der Waals surface area contributed by atoms with E-state index >= 15 is 0 Å². The Labute approximate surface area is 165 Å². The summed E-state index contributed by atoms with van der Waals surface area (Å²) in [6.07, 6.45) is 6.27. The standard InChI is InChI=1S/C22H25N5O/c1-16-5-3-6-17(11-16)13-27-10-8-19(15-27)25-22(28)20-7-4-9-23-21(20)18-12-24-26(2)14-18/h3-7,9,11-12,14,19H,8,10,13,15H2,1-2H3,(H,25,28). The summed E-state index contributed by atoms with van der Waals surface area (Å²) < 4.78 is 1.71. The van der Waals surface area contributed by atoms with Crippen LogP contribution in [-0.2, 0) is 13.6 Å². The molecule has 1 amide bonds. The zero-order valence-electron chi connectivity index (χ0n) is 16.3. The molecule has 0 aliphatic carbocycles. The van der Waals surface area contributed by atoms with Crippen LogP contribution in [0.4, 0.5) is 0 Å². The second-order valence-electron chi connectivity index (χ2n) is 7.49. The number of nitrogens with one attached hydrogen (secondary N) is 1. The Bertz CT molecular complexity index is 980. The Morgan fingerprint density at radius 3 is 2.96 bits per heavy atom.